The van der Waals surface area contributed by atoms with Crippen molar-refractivity contribution in [3.05, 3.63) is 0 Å². The van der Waals surface area contributed by atoms with Crippen molar-refractivity contribution in [2.45, 2.75) is 24.4 Å². The van der Waals surface area contributed by atoms with E-state index in [0.29, 0.717) is 52.9 Å². The minimum atomic E-state index is -4.13. The molecule has 0 aliphatic carbocycles. The van der Waals surface area contributed by atoms with E-state index in [1.54, 1.807) is 0 Å². The van der Waals surface area contributed by atoms with E-state index in [0.717, 1.165) is 0 Å². The molecule has 4 aliphatic heterocycles. The monoisotopic (exact) mass is 412 g/mol. The fourth-order valence-electron chi connectivity index (χ4n) is 2.11. The van der Waals surface area contributed by atoms with E-state index in [-0.39, 0.29) is 24.4 Å². The van der Waals surface area contributed by atoms with E-state index >= 15 is 0 Å². The number of ether oxygens (including phenoxy) is 4. The standard InChI is InChI=1S/4C3H5O2.Sn/c4*4-3-1-5-2-3;/h4*3H,1-2H2;/q4*-1;+4. The van der Waals surface area contributed by atoms with Gasteiger partial charge in [0.15, 0.2) is 0 Å². The van der Waals surface area contributed by atoms with Gasteiger partial charge in [-0.15, -0.1) is 0 Å². The molecule has 0 radical (unpaired) electrons. The first-order chi connectivity index (χ1) is 10.3. The molecule has 4 rings (SSSR count). The van der Waals surface area contributed by atoms with Crippen LogP contribution in [0.5, 0.6) is 0 Å². The Morgan fingerprint density at radius 3 is 0.857 bits per heavy atom. The average Bonchev–Trinajstić information content (AvgIpc) is 2.28. The average molecular weight is 411 g/mol. The van der Waals surface area contributed by atoms with Crippen molar-refractivity contribution in [3.63, 3.8) is 0 Å². The van der Waals surface area contributed by atoms with Gasteiger partial charge in [0.05, 0.1) is 0 Å². The van der Waals surface area contributed by atoms with Gasteiger partial charge in [-0.1, -0.05) is 0 Å². The van der Waals surface area contributed by atoms with Crippen LogP contribution in [-0.2, 0) is 31.2 Å². The quantitative estimate of drug-likeness (QED) is 0.476. The molecule has 0 aromatic rings. The Morgan fingerprint density at radius 1 is 0.476 bits per heavy atom. The maximum absolute atomic E-state index is 6.14. The molecule has 0 saturated carbocycles. The first-order valence-electron chi connectivity index (χ1n) is 7.33. The Labute approximate surface area is 128 Å². The van der Waals surface area contributed by atoms with Crippen molar-refractivity contribution in [2.75, 3.05) is 52.9 Å². The molecule has 4 aliphatic rings. The normalized spacial score (nSPS) is 28.6. The van der Waals surface area contributed by atoms with Crippen LogP contribution in [0.2, 0.25) is 0 Å². The molecule has 0 aromatic heterocycles. The van der Waals surface area contributed by atoms with Crippen LogP contribution in [0.1, 0.15) is 0 Å². The van der Waals surface area contributed by atoms with Gasteiger partial charge in [-0.3, -0.25) is 0 Å². The molecule has 0 spiro atoms. The summed E-state index contributed by atoms with van der Waals surface area (Å²) < 4.78 is 45.3. The number of hydrogen-bond acceptors (Lipinski definition) is 8. The zero-order valence-corrected chi connectivity index (χ0v) is 14.6. The van der Waals surface area contributed by atoms with Gasteiger partial charge < -0.3 is 0 Å². The molecule has 0 N–H and O–H groups in total. The fourth-order valence-corrected chi connectivity index (χ4v) is 9.28. The van der Waals surface area contributed by atoms with Crippen molar-refractivity contribution in [2.24, 2.45) is 0 Å². The third kappa shape index (κ3) is 3.53. The third-order valence-electron chi connectivity index (χ3n) is 3.67. The van der Waals surface area contributed by atoms with Crippen molar-refractivity contribution < 1.29 is 31.2 Å². The zero-order valence-electron chi connectivity index (χ0n) is 11.7. The van der Waals surface area contributed by atoms with Crippen LogP contribution in [0.25, 0.3) is 0 Å². The van der Waals surface area contributed by atoms with Crippen molar-refractivity contribution >= 4 is 20.0 Å². The summed E-state index contributed by atoms with van der Waals surface area (Å²) in [4.78, 5) is 0. The number of rotatable bonds is 8. The Morgan fingerprint density at radius 2 is 0.714 bits per heavy atom. The molecular weight excluding hydrogens is 391 g/mol. The Balaban J connectivity index is 1.45. The molecular formula is C12H20O8Sn. The van der Waals surface area contributed by atoms with Crippen LogP contribution < -0.4 is 0 Å². The number of hydrogen-bond donors (Lipinski definition) is 0. The summed E-state index contributed by atoms with van der Waals surface area (Å²) in [5.74, 6) is 0. The van der Waals surface area contributed by atoms with E-state index < -0.39 is 20.0 Å². The SMILES string of the molecule is C1OCC1[O][Sn]([O]C1COC1)([O]C1COC1)[O]C1COC1. The summed E-state index contributed by atoms with van der Waals surface area (Å²) >= 11 is -4.13. The predicted molar refractivity (Wildman–Crippen MR) is 68.5 cm³/mol. The Hall–Kier alpha value is 0.479. The molecule has 0 atom stereocenters. The second-order valence-corrected chi connectivity index (χ2v) is 11.2. The molecule has 4 fully saturated rings. The summed E-state index contributed by atoms with van der Waals surface area (Å²) in [6, 6.07) is 0. The molecule has 4 heterocycles. The first-order valence-corrected chi connectivity index (χ1v) is 12.0. The minimum absolute atomic E-state index is 0.00350. The summed E-state index contributed by atoms with van der Waals surface area (Å²) in [5.41, 5.74) is 0. The Bertz CT molecular complexity index is 284. The zero-order chi connectivity index (χ0) is 14.1. The van der Waals surface area contributed by atoms with Crippen molar-refractivity contribution in [1.29, 1.82) is 0 Å². The van der Waals surface area contributed by atoms with Gasteiger partial charge in [0.2, 0.25) is 0 Å². The van der Waals surface area contributed by atoms with Crippen LogP contribution in [0, 0.1) is 0 Å². The molecule has 4 saturated heterocycles. The summed E-state index contributed by atoms with van der Waals surface area (Å²) in [5, 5.41) is 0. The molecule has 0 amide bonds. The summed E-state index contributed by atoms with van der Waals surface area (Å²) in [6.07, 6.45) is 0.0140. The van der Waals surface area contributed by atoms with Gasteiger partial charge in [0.25, 0.3) is 0 Å². The van der Waals surface area contributed by atoms with Crippen LogP contribution in [-0.4, -0.2) is 97.3 Å². The summed E-state index contributed by atoms with van der Waals surface area (Å²) in [7, 11) is 0. The maximum atomic E-state index is 6.14. The summed E-state index contributed by atoms with van der Waals surface area (Å²) in [6.45, 7) is 4.54. The van der Waals surface area contributed by atoms with Gasteiger partial charge in [0.1, 0.15) is 0 Å². The second kappa shape index (κ2) is 6.54. The van der Waals surface area contributed by atoms with Gasteiger partial charge in [-0.05, 0) is 0 Å². The topological polar surface area (TPSA) is 73.8 Å². The molecule has 0 unspecified atom stereocenters. The van der Waals surface area contributed by atoms with E-state index in [9.17, 15) is 0 Å². The van der Waals surface area contributed by atoms with Crippen molar-refractivity contribution in [3.8, 4) is 0 Å². The molecule has 9 heteroatoms. The van der Waals surface area contributed by atoms with Gasteiger partial charge in [-0.2, -0.15) is 0 Å². The van der Waals surface area contributed by atoms with Crippen LogP contribution in [0.4, 0.5) is 0 Å². The van der Waals surface area contributed by atoms with E-state index in [4.69, 9.17) is 31.2 Å². The molecule has 21 heavy (non-hydrogen) atoms. The van der Waals surface area contributed by atoms with E-state index in [2.05, 4.69) is 0 Å². The molecule has 0 bridgehead atoms. The Kier molecular flexibility index (Phi) is 4.68. The van der Waals surface area contributed by atoms with Crippen LogP contribution in [0.3, 0.4) is 0 Å². The van der Waals surface area contributed by atoms with Crippen molar-refractivity contribution in [1.82, 2.24) is 0 Å². The van der Waals surface area contributed by atoms with Crippen LogP contribution >= 0.6 is 0 Å². The fraction of sp³-hybridized carbons (Fsp3) is 1.00. The molecule has 0 aromatic carbocycles. The predicted octanol–water partition coefficient (Wildman–Crippen LogP) is -0.916. The van der Waals surface area contributed by atoms with E-state index in [1.165, 1.54) is 0 Å². The van der Waals surface area contributed by atoms with Crippen LogP contribution in [0.15, 0.2) is 0 Å². The molecule has 120 valence electrons. The first kappa shape index (κ1) is 15.0. The van der Waals surface area contributed by atoms with Gasteiger partial charge in [0, 0.05) is 0 Å². The second-order valence-electron chi connectivity index (χ2n) is 5.61. The molecule has 8 nitrogen and oxygen atoms in total. The third-order valence-corrected chi connectivity index (χ3v) is 10.8. The van der Waals surface area contributed by atoms with E-state index in [1.807, 2.05) is 0 Å². The van der Waals surface area contributed by atoms with Gasteiger partial charge in [-0.25, -0.2) is 0 Å². The van der Waals surface area contributed by atoms with Gasteiger partial charge >= 0.3 is 129 Å².